The number of hydrogen-bond donors (Lipinski definition) is 1. The zero-order chi connectivity index (χ0) is 8.39. The van der Waals surface area contributed by atoms with Crippen LogP contribution in [0.4, 0.5) is 0 Å². The van der Waals surface area contributed by atoms with E-state index in [0.29, 0.717) is 6.54 Å². The van der Waals surface area contributed by atoms with Crippen molar-refractivity contribution >= 4 is 22.4 Å². The van der Waals surface area contributed by atoms with E-state index in [2.05, 4.69) is 28.0 Å². The molecule has 0 spiro atoms. The van der Waals surface area contributed by atoms with Gasteiger partial charge in [-0.25, -0.2) is 0 Å². The Morgan fingerprint density at radius 2 is 2.33 bits per heavy atom. The molecule has 0 saturated carbocycles. The number of aromatic nitrogens is 1. The molecular weight excluding hydrogens is 168 g/mol. The standard InChI is InChI=1S/C9H10N2S/c10-4-3-7-1-2-8-6-12-11-9(8)5-7/h1-2,5-6H,3-4,10H2. The predicted octanol–water partition coefficient (Wildman–Crippen LogP) is 1.80. The summed E-state index contributed by atoms with van der Waals surface area (Å²) in [4.78, 5) is 0. The third-order valence-corrected chi connectivity index (χ3v) is 2.52. The van der Waals surface area contributed by atoms with Gasteiger partial charge in [0.2, 0.25) is 0 Å². The molecule has 12 heavy (non-hydrogen) atoms. The van der Waals surface area contributed by atoms with Crippen LogP contribution in [0.3, 0.4) is 0 Å². The largest absolute Gasteiger partial charge is 0.330 e. The molecule has 1 aromatic carbocycles. The van der Waals surface area contributed by atoms with Gasteiger partial charge in [-0.1, -0.05) is 12.1 Å². The monoisotopic (exact) mass is 178 g/mol. The van der Waals surface area contributed by atoms with Crippen LogP contribution in [0.25, 0.3) is 10.9 Å². The van der Waals surface area contributed by atoms with Crippen LogP contribution < -0.4 is 5.73 Å². The van der Waals surface area contributed by atoms with Crippen LogP contribution in [0.2, 0.25) is 0 Å². The van der Waals surface area contributed by atoms with Gasteiger partial charge in [-0.3, -0.25) is 0 Å². The summed E-state index contributed by atoms with van der Waals surface area (Å²) in [6.07, 6.45) is 0.938. The summed E-state index contributed by atoms with van der Waals surface area (Å²) < 4.78 is 4.26. The molecule has 0 aliphatic heterocycles. The van der Waals surface area contributed by atoms with Crippen molar-refractivity contribution in [2.45, 2.75) is 6.42 Å². The van der Waals surface area contributed by atoms with Gasteiger partial charge in [-0.2, -0.15) is 4.37 Å². The van der Waals surface area contributed by atoms with Crippen LogP contribution in [0.1, 0.15) is 5.56 Å². The molecule has 3 heteroatoms. The van der Waals surface area contributed by atoms with E-state index in [0.717, 1.165) is 11.9 Å². The molecule has 0 atom stereocenters. The van der Waals surface area contributed by atoms with Crippen LogP contribution in [-0.4, -0.2) is 10.9 Å². The molecule has 0 saturated heterocycles. The summed E-state index contributed by atoms with van der Waals surface area (Å²) in [5, 5.41) is 3.28. The van der Waals surface area contributed by atoms with Gasteiger partial charge < -0.3 is 5.73 Å². The fraction of sp³-hybridized carbons (Fsp3) is 0.222. The molecule has 0 amide bonds. The van der Waals surface area contributed by atoms with Gasteiger partial charge in [0.1, 0.15) is 0 Å². The second-order valence-electron chi connectivity index (χ2n) is 2.75. The summed E-state index contributed by atoms with van der Waals surface area (Å²) in [5.74, 6) is 0. The minimum atomic E-state index is 0.704. The van der Waals surface area contributed by atoms with Gasteiger partial charge in [0.05, 0.1) is 5.52 Å². The van der Waals surface area contributed by atoms with E-state index in [9.17, 15) is 0 Å². The number of nitrogens with zero attached hydrogens (tertiary/aromatic N) is 1. The predicted molar refractivity (Wildman–Crippen MR) is 52.4 cm³/mol. The normalized spacial score (nSPS) is 10.8. The Morgan fingerprint density at radius 3 is 3.17 bits per heavy atom. The van der Waals surface area contributed by atoms with Crippen molar-refractivity contribution in [2.24, 2.45) is 5.73 Å². The van der Waals surface area contributed by atoms with Crippen LogP contribution in [0.15, 0.2) is 23.6 Å². The van der Waals surface area contributed by atoms with E-state index in [1.807, 2.05) is 0 Å². The molecule has 2 aromatic rings. The fourth-order valence-corrected chi connectivity index (χ4v) is 1.87. The molecule has 2 nitrogen and oxygen atoms in total. The first-order chi connectivity index (χ1) is 5.90. The zero-order valence-corrected chi connectivity index (χ0v) is 7.47. The third kappa shape index (κ3) is 1.33. The molecule has 0 unspecified atom stereocenters. The van der Waals surface area contributed by atoms with E-state index in [1.54, 1.807) is 0 Å². The Labute approximate surface area is 75.2 Å². The average molecular weight is 178 g/mol. The maximum absolute atomic E-state index is 5.46. The molecule has 0 fully saturated rings. The first-order valence-corrected chi connectivity index (χ1v) is 4.77. The third-order valence-electron chi connectivity index (χ3n) is 1.86. The fourth-order valence-electron chi connectivity index (χ4n) is 1.23. The molecule has 1 aromatic heterocycles. The van der Waals surface area contributed by atoms with E-state index in [4.69, 9.17) is 5.73 Å². The van der Waals surface area contributed by atoms with E-state index in [-0.39, 0.29) is 0 Å². The highest BCUT2D eigenvalue weighted by Crippen LogP contribution is 2.16. The maximum Gasteiger partial charge on any atom is 0.0843 e. The summed E-state index contributed by atoms with van der Waals surface area (Å²) in [6, 6.07) is 6.33. The lowest BCUT2D eigenvalue weighted by Gasteiger charge is -1.96. The molecule has 0 aliphatic carbocycles. The molecule has 0 bridgehead atoms. The first-order valence-electron chi connectivity index (χ1n) is 3.93. The first kappa shape index (κ1) is 7.71. The van der Waals surface area contributed by atoms with Crippen molar-refractivity contribution in [1.82, 2.24) is 4.37 Å². The Bertz CT molecular complexity index is 381. The van der Waals surface area contributed by atoms with Crippen molar-refractivity contribution in [3.05, 3.63) is 29.1 Å². The van der Waals surface area contributed by atoms with Gasteiger partial charge in [-0.05, 0) is 36.1 Å². The van der Waals surface area contributed by atoms with Crippen LogP contribution in [0.5, 0.6) is 0 Å². The number of fused-ring (bicyclic) bond motifs is 1. The van der Waals surface area contributed by atoms with Crippen molar-refractivity contribution in [1.29, 1.82) is 0 Å². The van der Waals surface area contributed by atoms with Crippen LogP contribution in [0, 0.1) is 0 Å². The van der Waals surface area contributed by atoms with Gasteiger partial charge in [0.25, 0.3) is 0 Å². The Hall–Kier alpha value is -0.930. The number of hydrogen-bond acceptors (Lipinski definition) is 3. The summed E-state index contributed by atoms with van der Waals surface area (Å²) in [7, 11) is 0. The topological polar surface area (TPSA) is 38.9 Å². The van der Waals surface area contributed by atoms with E-state index < -0.39 is 0 Å². The molecule has 2 rings (SSSR count). The molecular formula is C9H10N2S. The van der Waals surface area contributed by atoms with E-state index >= 15 is 0 Å². The number of benzene rings is 1. The van der Waals surface area contributed by atoms with Gasteiger partial charge in [-0.15, -0.1) is 0 Å². The lowest BCUT2D eigenvalue weighted by Crippen LogP contribution is -2.02. The summed E-state index contributed by atoms with van der Waals surface area (Å²) in [5.41, 5.74) is 7.82. The smallest absolute Gasteiger partial charge is 0.0843 e. The summed E-state index contributed by atoms with van der Waals surface area (Å²) in [6.45, 7) is 0.704. The SMILES string of the molecule is NCCc1ccc2csnc2c1. The molecule has 2 N–H and O–H groups in total. The lowest BCUT2D eigenvalue weighted by molar-refractivity contribution is 0.971. The molecule has 0 radical (unpaired) electrons. The highest BCUT2D eigenvalue weighted by Gasteiger charge is 1.97. The van der Waals surface area contributed by atoms with Crippen molar-refractivity contribution in [3.63, 3.8) is 0 Å². The van der Waals surface area contributed by atoms with Crippen molar-refractivity contribution < 1.29 is 0 Å². The van der Waals surface area contributed by atoms with Gasteiger partial charge in [0.15, 0.2) is 0 Å². The number of nitrogens with two attached hydrogens (primary N) is 1. The number of rotatable bonds is 2. The molecule has 62 valence electrons. The minimum absolute atomic E-state index is 0.704. The quantitative estimate of drug-likeness (QED) is 0.761. The van der Waals surface area contributed by atoms with Crippen molar-refractivity contribution in [2.75, 3.05) is 6.54 Å². The molecule has 0 aliphatic rings. The van der Waals surface area contributed by atoms with Crippen LogP contribution >= 0.6 is 11.5 Å². The van der Waals surface area contributed by atoms with Crippen molar-refractivity contribution in [3.8, 4) is 0 Å². The second-order valence-corrected chi connectivity index (χ2v) is 3.38. The van der Waals surface area contributed by atoms with Crippen LogP contribution in [-0.2, 0) is 6.42 Å². The van der Waals surface area contributed by atoms with Gasteiger partial charge >= 0.3 is 0 Å². The minimum Gasteiger partial charge on any atom is -0.330 e. The zero-order valence-electron chi connectivity index (χ0n) is 6.66. The Morgan fingerprint density at radius 1 is 1.42 bits per heavy atom. The highest BCUT2D eigenvalue weighted by atomic mass is 32.1. The molecule has 1 heterocycles. The summed E-state index contributed by atoms with van der Waals surface area (Å²) >= 11 is 1.50. The average Bonchev–Trinajstić information content (AvgIpc) is 2.51. The Kier molecular flexibility index (Phi) is 2.06. The maximum atomic E-state index is 5.46. The lowest BCUT2D eigenvalue weighted by atomic mass is 10.1. The van der Waals surface area contributed by atoms with E-state index in [1.165, 1.54) is 22.5 Å². The van der Waals surface area contributed by atoms with Gasteiger partial charge in [0, 0.05) is 10.8 Å². The Balaban J connectivity index is 2.46. The highest BCUT2D eigenvalue weighted by molar-refractivity contribution is 7.04. The second kappa shape index (κ2) is 3.21.